The number of rotatable bonds is 3. The Morgan fingerprint density at radius 3 is 2.94 bits per heavy atom. The fraction of sp³-hybridized carbons (Fsp3) is 0.269. The van der Waals surface area contributed by atoms with E-state index in [4.69, 9.17) is 15.6 Å². The van der Waals surface area contributed by atoms with Crippen LogP contribution >= 0.6 is 0 Å². The van der Waals surface area contributed by atoms with E-state index < -0.39 is 0 Å². The fourth-order valence-corrected chi connectivity index (χ4v) is 5.15. The summed E-state index contributed by atoms with van der Waals surface area (Å²) in [6.45, 7) is 4.36. The Morgan fingerprint density at radius 2 is 2.00 bits per heavy atom. The maximum atomic E-state index is 6.36. The summed E-state index contributed by atoms with van der Waals surface area (Å²) < 4.78 is 9.91. The van der Waals surface area contributed by atoms with E-state index in [0.717, 1.165) is 76.5 Å². The van der Waals surface area contributed by atoms with Crippen LogP contribution in [0.1, 0.15) is 29.1 Å². The first-order valence-electron chi connectivity index (χ1n) is 12.1. The Hall–Kier alpha value is -4.47. The number of aromatic nitrogens is 7. The molecule has 7 rings (SSSR count). The van der Waals surface area contributed by atoms with E-state index in [0.29, 0.717) is 24.8 Å². The molecule has 2 aliphatic heterocycles. The molecule has 0 spiro atoms. The molecule has 3 N–H and O–H groups in total. The van der Waals surface area contributed by atoms with Gasteiger partial charge in [0.2, 0.25) is 5.88 Å². The summed E-state index contributed by atoms with van der Waals surface area (Å²) in [5.74, 6) is 3.64. The molecule has 0 aromatic carbocycles. The normalized spacial score (nSPS) is 14.5. The first kappa shape index (κ1) is 20.9. The molecule has 0 saturated heterocycles. The number of imidazole rings is 1. The number of fused-ring (bicyclic) bond motifs is 4. The summed E-state index contributed by atoms with van der Waals surface area (Å²) >= 11 is 0. The van der Waals surface area contributed by atoms with Crippen molar-refractivity contribution in [1.29, 1.82) is 0 Å². The maximum Gasteiger partial charge on any atom is 0.216 e. The second kappa shape index (κ2) is 8.04. The molecule has 0 radical (unpaired) electrons. The zero-order valence-electron chi connectivity index (χ0n) is 19.9. The standard InChI is InChI=1S/C26H25N9O/c1-15-18-3-2-8-36-26(18)30-12-19(15)21-9-16-10-22(29-13-20(16)25(27)31-21)32-23-11-17-4-6-34-7-5-28-24(34)14-35(17)33-23/h5,7,9-13H,2-4,6,8,14H2,1H3,(H2,27,31)(H,29,32,33). The predicted molar refractivity (Wildman–Crippen MR) is 136 cm³/mol. The Labute approximate surface area is 207 Å². The molecule has 5 aromatic rings. The molecule has 0 bridgehead atoms. The number of pyridine rings is 3. The monoisotopic (exact) mass is 479 g/mol. The molecule has 2 aliphatic rings. The summed E-state index contributed by atoms with van der Waals surface area (Å²) in [6, 6.07) is 6.11. The van der Waals surface area contributed by atoms with Gasteiger partial charge in [0, 0.05) is 66.0 Å². The summed E-state index contributed by atoms with van der Waals surface area (Å²) in [7, 11) is 0. The van der Waals surface area contributed by atoms with E-state index in [1.807, 2.05) is 35.4 Å². The molecule has 0 unspecified atom stereocenters. The molecule has 0 aliphatic carbocycles. The van der Waals surface area contributed by atoms with Crippen LogP contribution in [0.4, 0.5) is 17.5 Å². The Kier molecular flexibility index (Phi) is 4.66. The highest BCUT2D eigenvalue weighted by Gasteiger charge is 2.19. The molecule has 10 heteroatoms. The zero-order chi connectivity index (χ0) is 24.2. The highest BCUT2D eigenvalue weighted by atomic mass is 16.5. The summed E-state index contributed by atoms with van der Waals surface area (Å²) in [5.41, 5.74) is 11.6. The lowest BCUT2D eigenvalue weighted by atomic mass is 9.97. The third-order valence-corrected chi connectivity index (χ3v) is 7.08. The molecule has 7 heterocycles. The van der Waals surface area contributed by atoms with Crippen molar-refractivity contribution < 1.29 is 4.74 Å². The van der Waals surface area contributed by atoms with Crippen molar-refractivity contribution in [2.24, 2.45) is 0 Å². The molecule has 0 atom stereocenters. The maximum absolute atomic E-state index is 6.36. The minimum absolute atomic E-state index is 0.444. The summed E-state index contributed by atoms with van der Waals surface area (Å²) in [5, 5.41) is 9.88. The minimum Gasteiger partial charge on any atom is -0.477 e. The van der Waals surface area contributed by atoms with Crippen LogP contribution in [0.15, 0.2) is 43.0 Å². The van der Waals surface area contributed by atoms with Gasteiger partial charge in [0.05, 0.1) is 18.8 Å². The third-order valence-electron chi connectivity index (χ3n) is 7.08. The van der Waals surface area contributed by atoms with Crippen LogP contribution < -0.4 is 15.8 Å². The molecular weight excluding hydrogens is 454 g/mol. The van der Waals surface area contributed by atoms with Gasteiger partial charge in [-0.25, -0.2) is 19.9 Å². The van der Waals surface area contributed by atoms with Gasteiger partial charge >= 0.3 is 0 Å². The second-order valence-electron chi connectivity index (χ2n) is 9.31. The third kappa shape index (κ3) is 3.44. The van der Waals surface area contributed by atoms with Crippen molar-refractivity contribution in [3.8, 4) is 17.1 Å². The summed E-state index contributed by atoms with van der Waals surface area (Å²) in [4.78, 5) is 18.2. The van der Waals surface area contributed by atoms with Crippen molar-refractivity contribution in [2.45, 2.75) is 39.3 Å². The molecule has 36 heavy (non-hydrogen) atoms. The minimum atomic E-state index is 0.444. The molecule has 0 saturated carbocycles. The molecule has 0 fully saturated rings. The van der Waals surface area contributed by atoms with Gasteiger partial charge in [-0.2, -0.15) is 5.10 Å². The zero-order valence-corrected chi connectivity index (χ0v) is 19.9. The predicted octanol–water partition coefficient (Wildman–Crippen LogP) is 3.65. The number of nitrogens with two attached hydrogens (primary N) is 1. The van der Waals surface area contributed by atoms with Crippen LogP contribution in [-0.2, 0) is 25.9 Å². The lowest BCUT2D eigenvalue weighted by Crippen LogP contribution is -2.12. The SMILES string of the molecule is Cc1c(-c2cc3cc(Nc4cc5n(n4)Cc4nccn4CC5)ncc3c(N)n2)cnc2c1CCCO2. The van der Waals surface area contributed by atoms with E-state index in [-0.39, 0.29) is 0 Å². The number of hydrogen-bond donors (Lipinski definition) is 2. The van der Waals surface area contributed by atoms with Crippen molar-refractivity contribution in [2.75, 3.05) is 17.7 Å². The van der Waals surface area contributed by atoms with E-state index in [2.05, 4.69) is 42.8 Å². The van der Waals surface area contributed by atoms with Gasteiger partial charge in [-0.3, -0.25) is 4.68 Å². The molecule has 180 valence electrons. The van der Waals surface area contributed by atoms with Gasteiger partial charge in [-0.15, -0.1) is 0 Å². The number of ether oxygens (including phenoxy) is 1. The van der Waals surface area contributed by atoms with E-state index in [1.54, 1.807) is 6.20 Å². The number of nitrogens with one attached hydrogen (secondary N) is 1. The number of nitrogens with zero attached hydrogens (tertiary/aromatic N) is 7. The highest BCUT2D eigenvalue weighted by molar-refractivity contribution is 5.94. The van der Waals surface area contributed by atoms with Gasteiger partial charge in [-0.1, -0.05) is 0 Å². The van der Waals surface area contributed by atoms with Gasteiger partial charge in [0.15, 0.2) is 5.82 Å². The van der Waals surface area contributed by atoms with Gasteiger partial charge in [0.1, 0.15) is 17.5 Å². The van der Waals surface area contributed by atoms with Crippen molar-refractivity contribution >= 4 is 28.2 Å². The smallest absolute Gasteiger partial charge is 0.216 e. The van der Waals surface area contributed by atoms with E-state index in [1.165, 1.54) is 5.69 Å². The number of aryl methyl sites for hydroxylation is 2. The Balaban J connectivity index is 1.22. The Morgan fingerprint density at radius 1 is 1.06 bits per heavy atom. The first-order valence-corrected chi connectivity index (χ1v) is 12.1. The van der Waals surface area contributed by atoms with Crippen LogP contribution in [0, 0.1) is 6.92 Å². The lowest BCUT2D eigenvalue weighted by Gasteiger charge is -2.20. The average molecular weight is 480 g/mol. The number of hydrogen-bond acceptors (Lipinski definition) is 8. The van der Waals surface area contributed by atoms with Crippen molar-refractivity contribution in [3.05, 3.63) is 65.6 Å². The van der Waals surface area contributed by atoms with Crippen molar-refractivity contribution in [3.63, 3.8) is 0 Å². The lowest BCUT2D eigenvalue weighted by molar-refractivity contribution is 0.276. The van der Waals surface area contributed by atoms with Crippen LogP contribution in [0.3, 0.4) is 0 Å². The van der Waals surface area contributed by atoms with Gasteiger partial charge in [-0.05, 0) is 42.8 Å². The molecule has 5 aromatic heterocycles. The molecule has 0 amide bonds. The largest absolute Gasteiger partial charge is 0.477 e. The number of anilines is 3. The topological polar surface area (TPSA) is 122 Å². The Bertz CT molecular complexity index is 1630. The first-order chi connectivity index (χ1) is 17.6. The highest BCUT2D eigenvalue weighted by Crippen LogP contribution is 2.34. The average Bonchev–Trinajstić information content (AvgIpc) is 3.45. The van der Waals surface area contributed by atoms with E-state index >= 15 is 0 Å². The van der Waals surface area contributed by atoms with Crippen LogP contribution in [0.25, 0.3) is 22.0 Å². The van der Waals surface area contributed by atoms with E-state index in [9.17, 15) is 0 Å². The van der Waals surface area contributed by atoms with Crippen molar-refractivity contribution in [1.82, 2.24) is 34.3 Å². The van der Waals surface area contributed by atoms with Gasteiger partial charge < -0.3 is 20.4 Å². The van der Waals surface area contributed by atoms with Crippen LogP contribution in [0.2, 0.25) is 0 Å². The summed E-state index contributed by atoms with van der Waals surface area (Å²) in [6.07, 6.45) is 10.3. The second-order valence-corrected chi connectivity index (χ2v) is 9.31. The fourth-order valence-electron chi connectivity index (χ4n) is 5.15. The molecular formula is C26H25N9O. The van der Waals surface area contributed by atoms with Crippen LogP contribution in [-0.4, -0.2) is 40.9 Å². The quantitative estimate of drug-likeness (QED) is 0.402. The van der Waals surface area contributed by atoms with Crippen LogP contribution in [0.5, 0.6) is 5.88 Å². The van der Waals surface area contributed by atoms with Gasteiger partial charge in [0.25, 0.3) is 0 Å². The number of nitrogen functional groups attached to an aromatic ring is 1. The molecule has 10 nitrogen and oxygen atoms in total.